The monoisotopic (exact) mass is 275 g/mol. The van der Waals surface area contributed by atoms with Gasteiger partial charge in [0.1, 0.15) is 0 Å². The molecule has 2 N–H and O–H groups in total. The first-order valence-corrected chi connectivity index (χ1v) is 7.51. The van der Waals surface area contributed by atoms with E-state index in [2.05, 4.69) is 24.5 Å². The number of rotatable bonds is 3. The summed E-state index contributed by atoms with van der Waals surface area (Å²) in [6, 6.07) is 8.63. The number of urea groups is 1. The van der Waals surface area contributed by atoms with Crippen LogP contribution in [0.1, 0.15) is 32.3 Å². The van der Waals surface area contributed by atoms with E-state index in [9.17, 15) is 4.79 Å². The molecule has 1 aromatic rings. The van der Waals surface area contributed by atoms with Gasteiger partial charge in [-0.3, -0.25) is 0 Å². The third kappa shape index (κ3) is 3.51. The Labute approximate surface area is 121 Å². The highest BCUT2D eigenvalue weighted by molar-refractivity contribution is 5.89. The summed E-state index contributed by atoms with van der Waals surface area (Å²) in [5, 5.41) is 6.51. The number of hydrogen-bond acceptors (Lipinski definition) is 2. The highest BCUT2D eigenvalue weighted by Gasteiger charge is 2.29. The molecule has 0 aromatic heterocycles. The number of nitrogens with one attached hydrogen (secondary N) is 2. The number of carbonyl (C=O) groups is 1. The average molecular weight is 275 g/mol. The van der Waals surface area contributed by atoms with Crippen molar-refractivity contribution in [3.8, 4) is 0 Å². The molecule has 1 saturated heterocycles. The van der Waals surface area contributed by atoms with Crippen LogP contribution in [0.3, 0.4) is 0 Å². The highest BCUT2D eigenvalue weighted by atomic mass is 16.2. The Bertz CT molecular complexity index is 444. The Balaban J connectivity index is 2.03. The van der Waals surface area contributed by atoms with Crippen LogP contribution in [0.25, 0.3) is 0 Å². The second kappa shape index (κ2) is 6.75. The van der Waals surface area contributed by atoms with Crippen LogP contribution >= 0.6 is 0 Å². The molecule has 2 unspecified atom stereocenters. The van der Waals surface area contributed by atoms with E-state index in [0.29, 0.717) is 6.04 Å². The van der Waals surface area contributed by atoms with E-state index >= 15 is 0 Å². The largest absolute Gasteiger partial charge is 0.322 e. The maximum absolute atomic E-state index is 12.5. The Morgan fingerprint density at radius 1 is 1.30 bits per heavy atom. The zero-order valence-electron chi connectivity index (χ0n) is 12.6. The van der Waals surface area contributed by atoms with Crippen molar-refractivity contribution < 1.29 is 4.79 Å². The van der Waals surface area contributed by atoms with E-state index in [4.69, 9.17) is 0 Å². The number of aryl methyl sites for hydroxylation is 1. The molecular formula is C16H25N3O. The van der Waals surface area contributed by atoms with Crippen LogP contribution in [-0.4, -0.2) is 36.1 Å². The summed E-state index contributed by atoms with van der Waals surface area (Å²) < 4.78 is 0. The van der Waals surface area contributed by atoms with Gasteiger partial charge in [0.05, 0.1) is 0 Å². The Morgan fingerprint density at radius 2 is 2.00 bits per heavy atom. The van der Waals surface area contributed by atoms with Gasteiger partial charge in [0.25, 0.3) is 0 Å². The van der Waals surface area contributed by atoms with Gasteiger partial charge in [-0.25, -0.2) is 4.79 Å². The predicted molar refractivity (Wildman–Crippen MR) is 83.1 cm³/mol. The Hall–Kier alpha value is -1.55. The summed E-state index contributed by atoms with van der Waals surface area (Å²) in [6.07, 6.45) is 2.02. The van der Waals surface area contributed by atoms with E-state index in [-0.39, 0.29) is 12.1 Å². The molecule has 20 heavy (non-hydrogen) atoms. The lowest BCUT2D eigenvalue weighted by molar-refractivity contribution is 0.147. The van der Waals surface area contributed by atoms with Crippen molar-refractivity contribution in [2.45, 2.75) is 45.7 Å². The van der Waals surface area contributed by atoms with Crippen molar-refractivity contribution >= 4 is 11.7 Å². The summed E-state index contributed by atoms with van der Waals surface area (Å²) in [4.78, 5) is 14.4. The van der Waals surface area contributed by atoms with Crippen LogP contribution in [0.15, 0.2) is 24.3 Å². The number of amides is 2. The third-order valence-electron chi connectivity index (χ3n) is 4.03. The van der Waals surface area contributed by atoms with Crippen molar-refractivity contribution in [1.82, 2.24) is 10.2 Å². The van der Waals surface area contributed by atoms with Gasteiger partial charge >= 0.3 is 6.03 Å². The zero-order valence-corrected chi connectivity index (χ0v) is 12.6. The topological polar surface area (TPSA) is 44.4 Å². The summed E-state index contributed by atoms with van der Waals surface area (Å²) in [7, 11) is 0. The SMILES string of the molecule is CCC1CN(C(=O)Nc2ccc(C)cc2)C(CC)CN1. The smallest absolute Gasteiger partial charge is 0.319 e. The molecule has 4 nitrogen and oxygen atoms in total. The first-order valence-electron chi connectivity index (χ1n) is 7.51. The molecule has 1 aliphatic rings. The highest BCUT2D eigenvalue weighted by Crippen LogP contribution is 2.15. The molecule has 2 rings (SSSR count). The number of carbonyl (C=O) groups excluding carboxylic acids is 1. The van der Waals surface area contributed by atoms with Gasteiger partial charge in [-0.15, -0.1) is 0 Å². The molecule has 0 bridgehead atoms. The minimum Gasteiger partial charge on any atom is -0.319 e. The van der Waals surface area contributed by atoms with Crippen LogP contribution < -0.4 is 10.6 Å². The van der Waals surface area contributed by atoms with Gasteiger partial charge in [-0.1, -0.05) is 31.5 Å². The maximum Gasteiger partial charge on any atom is 0.322 e. The molecule has 2 atom stereocenters. The van der Waals surface area contributed by atoms with Gasteiger partial charge < -0.3 is 15.5 Å². The number of piperazine rings is 1. The fourth-order valence-electron chi connectivity index (χ4n) is 2.58. The van der Waals surface area contributed by atoms with E-state index < -0.39 is 0 Å². The van der Waals surface area contributed by atoms with E-state index in [0.717, 1.165) is 31.6 Å². The summed E-state index contributed by atoms with van der Waals surface area (Å²) in [6.45, 7) is 7.99. The van der Waals surface area contributed by atoms with Crippen LogP contribution in [0.2, 0.25) is 0 Å². The van der Waals surface area contributed by atoms with Crippen molar-refractivity contribution in [3.63, 3.8) is 0 Å². The molecular weight excluding hydrogens is 250 g/mol. The van der Waals surface area contributed by atoms with Crippen LogP contribution in [-0.2, 0) is 0 Å². The molecule has 4 heteroatoms. The number of anilines is 1. The zero-order chi connectivity index (χ0) is 14.5. The summed E-state index contributed by atoms with van der Waals surface area (Å²) in [5.41, 5.74) is 2.06. The van der Waals surface area contributed by atoms with Crippen LogP contribution in [0.5, 0.6) is 0 Å². The molecule has 1 aromatic carbocycles. The molecule has 0 spiro atoms. The fraction of sp³-hybridized carbons (Fsp3) is 0.562. The van der Waals surface area contributed by atoms with Gasteiger partial charge in [-0.05, 0) is 31.9 Å². The van der Waals surface area contributed by atoms with Crippen LogP contribution in [0.4, 0.5) is 10.5 Å². The molecule has 0 radical (unpaired) electrons. The van der Waals surface area contributed by atoms with E-state index in [1.807, 2.05) is 36.1 Å². The second-order valence-corrected chi connectivity index (χ2v) is 5.52. The molecule has 0 saturated carbocycles. The third-order valence-corrected chi connectivity index (χ3v) is 4.03. The van der Waals surface area contributed by atoms with Crippen molar-refractivity contribution in [2.75, 3.05) is 18.4 Å². The second-order valence-electron chi connectivity index (χ2n) is 5.52. The van der Waals surface area contributed by atoms with E-state index in [1.165, 1.54) is 5.56 Å². The molecule has 1 aliphatic heterocycles. The first kappa shape index (κ1) is 14.9. The molecule has 2 amide bonds. The van der Waals surface area contributed by atoms with Crippen LogP contribution in [0, 0.1) is 6.92 Å². The molecule has 1 heterocycles. The molecule has 1 fully saturated rings. The standard InChI is InChI=1S/C16H25N3O/c1-4-13-11-19(15(5-2)10-17-13)16(20)18-14-8-6-12(3)7-9-14/h6-9,13,15,17H,4-5,10-11H2,1-3H3,(H,18,20). The maximum atomic E-state index is 12.5. The molecule has 110 valence electrons. The van der Waals surface area contributed by atoms with Crippen molar-refractivity contribution in [2.24, 2.45) is 0 Å². The van der Waals surface area contributed by atoms with Crippen molar-refractivity contribution in [3.05, 3.63) is 29.8 Å². The Morgan fingerprint density at radius 3 is 2.60 bits per heavy atom. The molecule has 0 aliphatic carbocycles. The van der Waals surface area contributed by atoms with Gasteiger partial charge in [0.2, 0.25) is 0 Å². The first-order chi connectivity index (χ1) is 9.63. The quantitative estimate of drug-likeness (QED) is 0.890. The fourth-order valence-corrected chi connectivity index (χ4v) is 2.58. The average Bonchev–Trinajstić information content (AvgIpc) is 2.48. The minimum atomic E-state index is 0.0145. The van der Waals surface area contributed by atoms with Gasteiger partial charge in [0, 0.05) is 30.9 Å². The lowest BCUT2D eigenvalue weighted by Gasteiger charge is -2.39. The normalized spacial score (nSPS) is 22.6. The van der Waals surface area contributed by atoms with E-state index in [1.54, 1.807) is 0 Å². The Kier molecular flexibility index (Phi) is 5.01. The lowest BCUT2D eigenvalue weighted by atomic mass is 10.1. The minimum absolute atomic E-state index is 0.0145. The number of nitrogens with zero attached hydrogens (tertiary/aromatic N) is 1. The van der Waals surface area contributed by atoms with Gasteiger partial charge in [0.15, 0.2) is 0 Å². The summed E-state index contributed by atoms with van der Waals surface area (Å²) in [5.74, 6) is 0. The number of benzene rings is 1. The summed E-state index contributed by atoms with van der Waals surface area (Å²) >= 11 is 0. The van der Waals surface area contributed by atoms with Crippen molar-refractivity contribution in [1.29, 1.82) is 0 Å². The lowest BCUT2D eigenvalue weighted by Crippen LogP contribution is -2.58. The number of hydrogen-bond donors (Lipinski definition) is 2. The predicted octanol–water partition coefficient (Wildman–Crippen LogP) is 2.99. The van der Waals surface area contributed by atoms with Gasteiger partial charge in [-0.2, -0.15) is 0 Å².